The number of benzene rings is 1. The third kappa shape index (κ3) is 5.66. The Morgan fingerprint density at radius 2 is 1.80 bits per heavy atom. The highest BCUT2D eigenvalue weighted by Gasteiger charge is 2.07. The average molecular weight is 302 g/mol. The molecule has 3 N–H and O–H groups in total. The monoisotopic (exact) mass is 301 g/mol. The number of anilines is 1. The summed E-state index contributed by atoms with van der Waals surface area (Å²) < 4.78 is 12.9. The number of carbonyl (C=O) groups is 3. The van der Waals surface area contributed by atoms with Crippen molar-refractivity contribution in [3.05, 3.63) is 29.0 Å². The van der Waals surface area contributed by atoms with E-state index in [0.29, 0.717) is 5.69 Å². The first-order chi connectivity index (χ1) is 9.38. The van der Waals surface area contributed by atoms with Crippen molar-refractivity contribution in [2.45, 2.75) is 6.92 Å². The molecule has 0 fully saturated rings. The number of halogens is 2. The van der Waals surface area contributed by atoms with Gasteiger partial charge in [-0.1, -0.05) is 11.6 Å². The summed E-state index contributed by atoms with van der Waals surface area (Å²) in [6.07, 6.45) is 0. The van der Waals surface area contributed by atoms with Crippen LogP contribution in [0.5, 0.6) is 0 Å². The van der Waals surface area contributed by atoms with E-state index in [1.807, 2.05) is 0 Å². The number of rotatable bonds is 5. The first-order valence-electron chi connectivity index (χ1n) is 5.64. The smallest absolute Gasteiger partial charge is 0.243 e. The van der Waals surface area contributed by atoms with Crippen LogP contribution in [0.1, 0.15) is 6.92 Å². The Labute approximate surface area is 119 Å². The van der Waals surface area contributed by atoms with Gasteiger partial charge in [0, 0.05) is 12.6 Å². The molecule has 0 saturated carbocycles. The van der Waals surface area contributed by atoms with E-state index in [2.05, 4.69) is 16.0 Å². The van der Waals surface area contributed by atoms with Gasteiger partial charge in [-0.2, -0.15) is 0 Å². The Morgan fingerprint density at radius 3 is 2.40 bits per heavy atom. The normalized spacial score (nSPS) is 9.75. The Kier molecular flexibility index (Phi) is 5.92. The standard InChI is InChI=1S/C12H13ClFN3O3/c1-7(18)15-5-11(19)16-6-12(20)17-8-2-3-10(14)9(13)4-8/h2-4H,5-6H2,1H3,(H,15,18)(H,16,19)(H,17,20). The van der Waals surface area contributed by atoms with Crippen LogP contribution in [0.25, 0.3) is 0 Å². The molecule has 0 aliphatic carbocycles. The SMILES string of the molecule is CC(=O)NCC(=O)NCC(=O)Nc1ccc(F)c(Cl)c1. The van der Waals surface area contributed by atoms with Gasteiger partial charge in [-0.25, -0.2) is 4.39 Å². The van der Waals surface area contributed by atoms with Gasteiger partial charge in [-0.05, 0) is 18.2 Å². The summed E-state index contributed by atoms with van der Waals surface area (Å²) in [4.78, 5) is 33.3. The van der Waals surface area contributed by atoms with E-state index in [4.69, 9.17) is 11.6 Å². The molecule has 0 saturated heterocycles. The summed E-state index contributed by atoms with van der Waals surface area (Å²) in [5.74, 6) is -1.92. The number of nitrogens with one attached hydrogen (secondary N) is 3. The minimum Gasteiger partial charge on any atom is -0.347 e. The highest BCUT2D eigenvalue weighted by atomic mass is 35.5. The molecular formula is C12H13ClFN3O3. The molecule has 0 atom stereocenters. The fraction of sp³-hybridized carbons (Fsp3) is 0.250. The zero-order valence-electron chi connectivity index (χ0n) is 10.6. The summed E-state index contributed by atoms with van der Waals surface area (Å²) >= 11 is 5.56. The van der Waals surface area contributed by atoms with Crippen molar-refractivity contribution in [2.24, 2.45) is 0 Å². The van der Waals surface area contributed by atoms with Crippen molar-refractivity contribution in [3.63, 3.8) is 0 Å². The van der Waals surface area contributed by atoms with Gasteiger partial charge in [0.1, 0.15) is 5.82 Å². The second kappa shape index (κ2) is 7.44. The lowest BCUT2D eigenvalue weighted by atomic mass is 10.3. The van der Waals surface area contributed by atoms with E-state index in [-0.39, 0.29) is 24.0 Å². The van der Waals surface area contributed by atoms with E-state index >= 15 is 0 Å². The van der Waals surface area contributed by atoms with Crippen LogP contribution in [-0.4, -0.2) is 30.8 Å². The molecule has 20 heavy (non-hydrogen) atoms. The lowest BCUT2D eigenvalue weighted by Crippen LogP contribution is -2.39. The average Bonchev–Trinajstić information content (AvgIpc) is 2.38. The van der Waals surface area contributed by atoms with Crippen molar-refractivity contribution >= 4 is 35.0 Å². The molecule has 6 nitrogen and oxygen atoms in total. The topological polar surface area (TPSA) is 87.3 Å². The minimum absolute atomic E-state index is 0.113. The summed E-state index contributed by atoms with van der Waals surface area (Å²) in [5.41, 5.74) is 0.317. The van der Waals surface area contributed by atoms with Gasteiger partial charge in [0.25, 0.3) is 0 Å². The Morgan fingerprint density at radius 1 is 1.15 bits per heavy atom. The fourth-order valence-corrected chi connectivity index (χ4v) is 1.41. The van der Waals surface area contributed by atoms with Crippen molar-refractivity contribution in [1.29, 1.82) is 0 Å². The van der Waals surface area contributed by atoms with E-state index in [9.17, 15) is 18.8 Å². The van der Waals surface area contributed by atoms with Crippen LogP contribution in [0.2, 0.25) is 5.02 Å². The van der Waals surface area contributed by atoms with Crippen LogP contribution in [0.4, 0.5) is 10.1 Å². The maximum Gasteiger partial charge on any atom is 0.243 e. The van der Waals surface area contributed by atoms with Gasteiger partial charge in [-0.3, -0.25) is 14.4 Å². The van der Waals surface area contributed by atoms with Crippen LogP contribution in [0.15, 0.2) is 18.2 Å². The molecule has 0 unspecified atom stereocenters. The molecule has 3 amide bonds. The van der Waals surface area contributed by atoms with E-state index in [1.54, 1.807) is 0 Å². The molecular weight excluding hydrogens is 289 g/mol. The fourth-order valence-electron chi connectivity index (χ4n) is 1.23. The number of hydrogen-bond donors (Lipinski definition) is 3. The summed E-state index contributed by atoms with van der Waals surface area (Å²) in [5, 5.41) is 6.93. The molecule has 1 rings (SSSR count). The first-order valence-corrected chi connectivity index (χ1v) is 6.02. The summed E-state index contributed by atoms with van der Waals surface area (Å²) in [6.45, 7) is 0.802. The van der Waals surface area contributed by atoms with Crippen molar-refractivity contribution < 1.29 is 18.8 Å². The van der Waals surface area contributed by atoms with Gasteiger partial charge < -0.3 is 16.0 Å². The van der Waals surface area contributed by atoms with Crippen molar-refractivity contribution in [2.75, 3.05) is 18.4 Å². The highest BCUT2D eigenvalue weighted by molar-refractivity contribution is 6.31. The molecule has 0 bridgehead atoms. The molecule has 0 heterocycles. The van der Waals surface area contributed by atoms with E-state index in [1.165, 1.54) is 19.1 Å². The van der Waals surface area contributed by atoms with E-state index in [0.717, 1.165) is 6.07 Å². The molecule has 1 aromatic carbocycles. The van der Waals surface area contributed by atoms with Crippen molar-refractivity contribution in [1.82, 2.24) is 10.6 Å². The number of carbonyl (C=O) groups excluding carboxylic acids is 3. The number of hydrogen-bond acceptors (Lipinski definition) is 3. The highest BCUT2D eigenvalue weighted by Crippen LogP contribution is 2.19. The molecule has 0 aliphatic heterocycles. The molecule has 0 spiro atoms. The summed E-state index contributed by atoms with van der Waals surface area (Å²) in [6, 6.07) is 3.72. The molecule has 1 aromatic rings. The van der Waals surface area contributed by atoms with Crippen molar-refractivity contribution in [3.8, 4) is 0 Å². The van der Waals surface area contributed by atoms with Crippen LogP contribution < -0.4 is 16.0 Å². The Hall–Kier alpha value is -2.15. The van der Waals surface area contributed by atoms with Gasteiger partial charge in [0.2, 0.25) is 17.7 Å². The van der Waals surface area contributed by atoms with Crippen LogP contribution in [-0.2, 0) is 14.4 Å². The lowest BCUT2D eigenvalue weighted by Gasteiger charge is -2.07. The predicted molar refractivity (Wildman–Crippen MR) is 71.7 cm³/mol. The van der Waals surface area contributed by atoms with E-state index < -0.39 is 17.6 Å². The predicted octanol–water partition coefficient (Wildman–Crippen LogP) is 0.670. The maximum absolute atomic E-state index is 12.9. The van der Waals surface area contributed by atoms with Crippen LogP contribution in [0.3, 0.4) is 0 Å². The third-order valence-electron chi connectivity index (χ3n) is 2.15. The van der Waals surface area contributed by atoms with Gasteiger partial charge in [0.05, 0.1) is 18.1 Å². The molecule has 108 valence electrons. The quantitative estimate of drug-likeness (QED) is 0.747. The lowest BCUT2D eigenvalue weighted by molar-refractivity contribution is -0.126. The largest absolute Gasteiger partial charge is 0.347 e. The zero-order chi connectivity index (χ0) is 15.1. The molecule has 0 aromatic heterocycles. The summed E-state index contributed by atoms with van der Waals surface area (Å²) in [7, 11) is 0. The Balaban J connectivity index is 2.38. The Bertz CT molecular complexity index is 537. The first kappa shape index (κ1) is 15.9. The molecule has 0 radical (unpaired) electrons. The third-order valence-corrected chi connectivity index (χ3v) is 2.44. The second-order valence-corrected chi connectivity index (χ2v) is 4.27. The second-order valence-electron chi connectivity index (χ2n) is 3.86. The number of amides is 3. The van der Waals surface area contributed by atoms with Gasteiger partial charge >= 0.3 is 0 Å². The van der Waals surface area contributed by atoms with Gasteiger partial charge in [-0.15, -0.1) is 0 Å². The molecule has 8 heteroatoms. The molecule has 0 aliphatic rings. The van der Waals surface area contributed by atoms with Gasteiger partial charge in [0.15, 0.2) is 0 Å². The van der Waals surface area contributed by atoms with Crippen LogP contribution in [0, 0.1) is 5.82 Å². The van der Waals surface area contributed by atoms with Crippen LogP contribution >= 0.6 is 11.6 Å². The zero-order valence-corrected chi connectivity index (χ0v) is 11.4. The maximum atomic E-state index is 12.9. The minimum atomic E-state index is -0.590.